The van der Waals surface area contributed by atoms with E-state index in [1.807, 2.05) is 4.72 Å². The molecule has 198 valence electrons. The van der Waals surface area contributed by atoms with E-state index in [0.717, 1.165) is 44.1 Å². The molecule has 0 radical (unpaired) electrons. The fourth-order valence-corrected chi connectivity index (χ4v) is 6.29. The molecule has 3 heterocycles. The van der Waals surface area contributed by atoms with Crippen molar-refractivity contribution in [2.24, 2.45) is 0 Å². The Morgan fingerprint density at radius 1 is 1.19 bits per heavy atom. The fraction of sp³-hybridized carbons (Fsp3) is 0.522. The van der Waals surface area contributed by atoms with Gasteiger partial charge in [0.05, 0.1) is 17.4 Å². The number of rotatable bonds is 8. The van der Waals surface area contributed by atoms with Crippen LogP contribution in [0.15, 0.2) is 29.2 Å². The number of piperidine rings is 1. The van der Waals surface area contributed by atoms with Crippen molar-refractivity contribution in [2.45, 2.75) is 35.9 Å². The SMILES string of the molecule is COC1CCN(CC2(OC)CCN(c3cc(F)c(S(=O)(=O)Nc4cccc(F)n4)c(F)c3Cl)C2)CC1. The van der Waals surface area contributed by atoms with E-state index < -0.39 is 48.9 Å². The Kier molecular flexibility index (Phi) is 8.01. The summed E-state index contributed by atoms with van der Waals surface area (Å²) in [5.41, 5.74) is -0.544. The summed E-state index contributed by atoms with van der Waals surface area (Å²) in [5.74, 6) is -4.14. The molecule has 1 aromatic carbocycles. The second kappa shape index (κ2) is 10.7. The van der Waals surface area contributed by atoms with Crippen LogP contribution in [0.2, 0.25) is 5.02 Å². The molecule has 2 saturated heterocycles. The molecule has 8 nitrogen and oxygen atoms in total. The number of pyridine rings is 1. The average Bonchev–Trinajstić information content (AvgIpc) is 3.25. The molecule has 1 atom stereocenters. The van der Waals surface area contributed by atoms with E-state index >= 15 is 8.78 Å². The second-order valence-corrected chi connectivity index (χ2v) is 11.1. The molecule has 36 heavy (non-hydrogen) atoms. The molecule has 1 N–H and O–H groups in total. The first-order chi connectivity index (χ1) is 17.1. The van der Waals surface area contributed by atoms with Gasteiger partial charge in [-0.2, -0.15) is 4.39 Å². The summed E-state index contributed by atoms with van der Waals surface area (Å²) in [6.45, 7) is 3.08. The van der Waals surface area contributed by atoms with Gasteiger partial charge in [-0.3, -0.25) is 4.72 Å². The lowest BCUT2D eigenvalue weighted by Crippen LogP contribution is -2.49. The zero-order chi connectivity index (χ0) is 26.1. The molecule has 4 rings (SSSR count). The molecule has 1 aromatic heterocycles. The Labute approximate surface area is 213 Å². The number of methoxy groups -OCH3 is 2. The number of benzene rings is 1. The monoisotopic (exact) mass is 548 g/mol. The van der Waals surface area contributed by atoms with Gasteiger partial charge in [0.25, 0.3) is 10.0 Å². The number of anilines is 2. The van der Waals surface area contributed by atoms with E-state index in [1.54, 1.807) is 19.1 Å². The van der Waals surface area contributed by atoms with Gasteiger partial charge in [-0.05, 0) is 31.4 Å². The third-order valence-corrected chi connectivity index (χ3v) is 8.54. The van der Waals surface area contributed by atoms with Crippen molar-refractivity contribution >= 4 is 33.1 Å². The van der Waals surface area contributed by atoms with Crippen LogP contribution in [-0.2, 0) is 19.5 Å². The maximum atomic E-state index is 15.2. The molecule has 1 unspecified atom stereocenters. The predicted molar refractivity (Wildman–Crippen MR) is 129 cm³/mol. The van der Waals surface area contributed by atoms with Crippen molar-refractivity contribution in [2.75, 3.05) is 56.6 Å². The second-order valence-electron chi connectivity index (χ2n) is 9.06. The van der Waals surface area contributed by atoms with Gasteiger partial charge in [0.1, 0.15) is 16.7 Å². The average molecular weight is 549 g/mol. The van der Waals surface area contributed by atoms with Gasteiger partial charge >= 0.3 is 0 Å². The number of likely N-dealkylation sites (tertiary alicyclic amines) is 1. The normalized spacial score (nSPS) is 21.8. The van der Waals surface area contributed by atoms with Crippen LogP contribution in [0.5, 0.6) is 0 Å². The van der Waals surface area contributed by atoms with Crippen molar-refractivity contribution in [3.8, 4) is 0 Å². The van der Waals surface area contributed by atoms with E-state index in [2.05, 4.69) is 9.88 Å². The highest BCUT2D eigenvalue weighted by molar-refractivity contribution is 7.92. The number of nitrogens with zero attached hydrogens (tertiary/aromatic N) is 3. The molecule has 2 aromatic rings. The van der Waals surface area contributed by atoms with Gasteiger partial charge in [-0.15, -0.1) is 0 Å². The van der Waals surface area contributed by atoms with Gasteiger partial charge in [0.2, 0.25) is 5.95 Å². The molecule has 2 aliphatic rings. The number of nitrogens with one attached hydrogen (secondary N) is 1. The Hall–Kier alpha value is -2.12. The van der Waals surface area contributed by atoms with Crippen LogP contribution in [0.4, 0.5) is 24.7 Å². The lowest BCUT2D eigenvalue weighted by Gasteiger charge is -2.38. The van der Waals surface area contributed by atoms with Crippen LogP contribution in [0.25, 0.3) is 0 Å². The molecule has 13 heteroatoms. The Balaban J connectivity index is 1.54. The minimum atomic E-state index is -4.78. The lowest BCUT2D eigenvalue weighted by atomic mass is 9.99. The highest BCUT2D eigenvalue weighted by Crippen LogP contribution is 2.39. The fourth-order valence-electron chi connectivity index (χ4n) is 4.82. The van der Waals surface area contributed by atoms with Gasteiger partial charge < -0.3 is 19.3 Å². The maximum Gasteiger partial charge on any atom is 0.268 e. The lowest BCUT2D eigenvalue weighted by molar-refractivity contribution is -0.0365. The first kappa shape index (κ1) is 26.9. The molecular formula is C23H28ClF3N4O4S. The van der Waals surface area contributed by atoms with E-state index in [4.69, 9.17) is 21.1 Å². The quantitative estimate of drug-likeness (QED) is 0.398. The molecule has 0 aliphatic carbocycles. The van der Waals surface area contributed by atoms with Crippen molar-refractivity contribution in [1.82, 2.24) is 9.88 Å². The van der Waals surface area contributed by atoms with Crippen LogP contribution >= 0.6 is 11.6 Å². The van der Waals surface area contributed by atoms with E-state index in [9.17, 15) is 12.8 Å². The smallest absolute Gasteiger partial charge is 0.268 e. The Morgan fingerprint density at radius 3 is 2.56 bits per heavy atom. The zero-order valence-corrected chi connectivity index (χ0v) is 21.5. The van der Waals surface area contributed by atoms with Gasteiger partial charge in [0.15, 0.2) is 10.7 Å². The van der Waals surface area contributed by atoms with E-state index in [1.165, 1.54) is 6.07 Å². The summed E-state index contributed by atoms with van der Waals surface area (Å²) in [5, 5.41) is -0.531. The summed E-state index contributed by atoms with van der Waals surface area (Å²) in [7, 11) is -1.47. The van der Waals surface area contributed by atoms with E-state index in [-0.39, 0.29) is 11.8 Å². The van der Waals surface area contributed by atoms with Gasteiger partial charge in [0, 0.05) is 53.0 Å². The van der Waals surface area contributed by atoms with Crippen molar-refractivity contribution in [3.05, 3.63) is 46.9 Å². The van der Waals surface area contributed by atoms with Crippen molar-refractivity contribution in [1.29, 1.82) is 0 Å². The van der Waals surface area contributed by atoms with Crippen molar-refractivity contribution < 1.29 is 31.1 Å². The third kappa shape index (κ3) is 5.57. The van der Waals surface area contributed by atoms with Crippen LogP contribution in [0.3, 0.4) is 0 Å². The van der Waals surface area contributed by atoms with Gasteiger partial charge in [-0.25, -0.2) is 22.2 Å². The van der Waals surface area contributed by atoms with Gasteiger partial charge in [-0.1, -0.05) is 17.7 Å². The number of halogens is 4. The number of hydrogen-bond donors (Lipinski definition) is 1. The maximum absolute atomic E-state index is 15.2. The predicted octanol–water partition coefficient (Wildman–Crippen LogP) is 3.66. The minimum Gasteiger partial charge on any atom is -0.381 e. The van der Waals surface area contributed by atoms with Crippen molar-refractivity contribution in [3.63, 3.8) is 0 Å². The van der Waals surface area contributed by atoms with Crippen LogP contribution in [-0.4, -0.2) is 77.0 Å². The largest absolute Gasteiger partial charge is 0.381 e. The molecule has 2 fully saturated rings. The van der Waals surface area contributed by atoms with Crippen LogP contribution in [0, 0.1) is 17.6 Å². The molecule has 0 amide bonds. The highest BCUT2D eigenvalue weighted by Gasteiger charge is 2.42. The minimum absolute atomic E-state index is 0.0338. The topological polar surface area (TPSA) is 84.0 Å². The molecule has 0 saturated carbocycles. The molecular weight excluding hydrogens is 521 g/mol. The van der Waals surface area contributed by atoms with Crippen LogP contribution in [0.1, 0.15) is 19.3 Å². The molecule has 2 aliphatic heterocycles. The van der Waals surface area contributed by atoms with Crippen LogP contribution < -0.4 is 9.62 Å². The summed E-state index contributed by atoms with van der Waals surface area (Å²) in [6.07, 6.45) is 2.67. The van der Waals surface area contributed by atoms with E-state index in [0.29, 0.717) is 26.1 Å². The summed E-state index contributed by atoms with van der Waals surface area (Å²) >= 11 is 6.23. The highest BCUT2D eigenvalue weighted by atomic mass is 35.5. The molecule has 0 spiro atoms. The summed E-state index contributed by atoms with van der Waals surface area (Å²) in [6, 6.07) is 4.26. The zero-order valence-electron chi connectivity index (χ0n) is 19.9. The molecule has 0 bridgehead atoms. The summed E-state index contributed by atoms with van der Waals surface area (Å²) in [4.78, 5) is 6.07. The third-order valence-electron chi connectivity index (χ3n) is 6.79. The Morgan fingerprint density at radius 2 is 1.92 bits per heavy atom. The number of sulfonamides is 1. The number of hydrogen-bond acceptors (Lipinski definition) is 7. The number of aromatic nitrogens is 1. The Bertz CT molecular complexity index is 1210. The standard InChI is InChI=1S/C23H28ClF3N4O4S/c1-34-15-6-9-30(10-7-15)13-23(35-2)8-11-31(14-23)17-12-16(25)22(21(27)20(17)24)36(32,33)29-19-5-3-4-18(26)28-19/h3-5,12,15H,6-11,13-14H2,1-2H3,(H,28,29). The first-order valence-electron chi connectivity index (χ1n) is 11.5. The first-order valence-corrected chi connectivity index (χ1v) is 13.3. The summed E-state index contributed by atoms with van der Waals surface area (Å²) < 4.78 is 82.2. The number of ether oxygens (including phenoxy) is 2.